The monoisotopic (exact) mass is 319 g/mol. The molecule has 1 aromatic rings. The summed E-state index contributed by atoms with van der Waals surface area (Å²) in [5.41, 5.74) is 4.31. The van der Waals surface area contributed by atoms with Crippen LogP contribution < -0.4 is 11.2 Å². The van der Waals surface area contributed by atoms with E-state index in [9.17, 15) is 28.6 Å². The molecule has 0 radical (unpaired) electrons. The van der Waals surface area contributed by atoms with Gasteiger partial charge in [0.05, 0.1) is 12.5 Å². The molecule has 0 amide bonds. The maximum Gasteiger partial charge on any atom is 0.330 e. The number of H-pyrrole nitrogens is 1. The van der Waals surface area contributed by atoms with Crippen LogP contribution in [0.1, 0.15) is 6.23 Å². The molecule has 0 aliphatic carbocycles. The predicted octanol–water partition coefficient (Wildman–Crippen LogP) is -0.693. The molecule has 0 unspecified atom stereocenters. The highest BCUT2D eigenvalue weighted by Crippen LogP contribution is 2.44. The van der Waals surface area contributed by atoms with Gasteiger partial charge in [0, 0.05) is 17.2 Å². The van der Waals surface area contributed by atoms with Crippen LogP contribution in [-0.2, 0) is 4.74 Å². The summed E-state index contributed by atoms with van der Waals surface area (Å²) >= 11 is 0. The van der Waals surface area contributed by atoms with E-state index in [1.54, 1.807) is 0 Å². The fourth-order valence-corrected chi connectivity index (χ4v) is 2.27. The van der Waals surface area contributed by atoms with Gasteiger partial charge < -0.3 is 14.9 Å². The van der Waals surface area contributed by atoms with E-state index < -0.39 is 48.3 Å². The highest BCUT2D eigenvalue weighted by atomic mass is 19.3. The van der Waals surface area contributed by atoms with Crippen LogP contribution in [-0.4, -0.2) is 44.6 Å². The van der Waals surface area contributed by atoms with Crippen LogP contribution >= 0.6 is 0 Å². The van der Waals surface area contributed by atoms with Crippen molar-refractivity contribution in [3.05, 3.63) is 43.5 Å². The Kier molecular flexibility index (Phi) is 4.28. The van der Waals surface area contributed by atoms with Crippen LogP contribution in [0.5, 0.6) is 0 Å². The molecule has 1 aliphatic heterocycles. The zero-order valence-corrected chi connectivity index (χ0v) is 10.8. The normalized spacial score (nSPS) is 31.2. The number of aliphatic hydroxyl groups excluding tert-OH is 2. The number of aromatic nitrogens is 2. The van der Waals surface area contributed by atoms with Gasteiger partial charge in [-0.05, 0) is 5.53 Å². The third-order valence-corrected chi connectivity index (χ3v) is 3.34. The second-order valence-corrected chi connectivity index (χ2v) is 4.57. The Hall–Kier alpha value is -2.27. The van der Waals surface area contributed by atoms with Crippen molar-refractivity contribution in [1.29, 1.82) is 0 Å². The van der Waals surface area contributed by atoms with Gasteiger partial charge in [0.25, 0.3) is 5.56 Å². The fraction of sp³-hybridized carbons (Fsp3) is 0.600. The molecule has 1 aliphatic rings. The minimum Gasteiger partial charge on any atom is -0.393 e. The predicted molar refractivity (Wildman–Crippen MR) is 65.9 cm³/mol. The Morgan fingerprint density at radius 3 is 2.77 bits per heavy atom. The van der Waals surface area contributed by atoms with E-state index in [1.807, 2.05) is 4.98 Å². The van der Waals surface area contributed by atoms with Crippen molar-refractivity contribution in [2.24, 2.45) is 11.0 Å². The average molecular weight is 319 g/mol. The molecular formula is C10H11F2N5O5. The number of azide groups is 1. The third-order valence-electron chi connectivity index (χ3n) is 3.34. The fourth-order valence-electron chi connectivity index (χ4n) is 2.27. The standard InChI is InChI=1S/C10H11F2N5O5/c11-7(12)5-6(20)10(3-18,15-16-13)22-8(5)17-2-1-4(19)14-9(17)21/h1-2,5-8,18,20H,3H2,(H,14,19,21)/t5-,6-,8+,10+/m0/s1. The first kappa shape index (κ1) is 16.1. The van der Waals surface area contributed by atoms with Crippen molar-refractivity contribution < 1.29 is 23.7 Å². The summed E-state index contributed by atoms with van der Waals surface area (Å²) in [5.74, 6) is -1.96. The first-order chi connectivity index (χ1) is 10.4. The zero-order chi connectivity index (χ0) is 16.5. The number of rotatable bonds is 4. The second-order valence-electron chi connectivity index (χ2n) is 4.57. The molecule has 12 heteroatoms. The second kappa shape index (κ2) is 5.85. The van der Waals surface area contributed by atoms with Gasteiger partial charge in [-0.3, -0.25) is 14.3 Å². The van der Waals surface area contributed by atoms with Crippen molar-refractivity contribution in [2.75, 3.05) is 6.61 Å². The number of hydrogen-bond acceptors (Lipinski definition) is 6. The first-order valence-corrected chi connectivity index (χ1v) is 5.99. The Morgan fingerprint density at radius 1 is 1.59 bits per heavy atom. The quantitative estimate of drug-likeness (QED) is 0.380. The van der Waals surface area contributed by atoms with Gasteiger partial charge in [0.15, 0.2) is 5.72 Å². The summed E-state index contributed by atoms with van der Waals surface area (Å²) < 4.78 is 32.1. The van der Waals surface area contributed by atoms with E-state index in [0.717, 1.165) is 12.3 Å². The first-order valence-electron chi connectivity index (χ1n) is 5.99. The van der Waals surface area contributed by atoms with Gasteiger partial charge in [-0.15, -0.1) is 0 Å². The molecule has 2 rings (SSSR count). The van der Waals surface area contributed by atoms with Crippen LogP contribution in [0.15, 0.2) is 27.0 Å². The van der Waals surface area contributed by atoms with E-state index in [1.165, 1.54) is 0 Å². The van der Waals surface area contributed by atoms with E-state index in [4.69, 9.17) is 10.3 Å². The molecule has 22 heavy (non-hydrogen) atoms. The topological polar surface area (TPSA) is 153 Å². The lowest BCUT2D eigenvalue weighted by atomic mass is 9.96. The Bertz CT molecular complexity index is 714. The molecule has 1 saturated heterocycles. The number of nitrogens with zero attached hydrogens (tertiary/aromatic N) is 4. The maximum absolute atomic E-state index is 13.2. The van der Waals surface area contributed by atoms with Crippen molar-refractivity contribution >= 4 is 0 Å². The zero-order valence-electron chi connectivity index (χ0n) is 10.8. The molecule has 2 heterocycles. The number of alkyl halides is 2. The SMILES string of the molecule is [N-]=[N+]=N[C@]1(CO)O[C@@H](n2ccc(=O)[nH]c2=O)[C@H](C(F)F)[C@@H]1O. The molecule has 0 saturated carbocycles. The van der Waals surface area contributed by atoms with E-state index >= 15 is 0 Å². The number of ether oxygens (including phenoxy) is 1. The molecule has 1 aromatic heterocycles. The molecule has 0 aromatic carbocycles. The lowest BCUT2D eigenvalue weighted by Crippen LogP contribution is -2.44. The van der Waals surface area contributed by atoms with Gasteiger partial charge in [-0.1, -0.05) is 5.11 Å². The lowest BCUT2D eigenvalue weighted by Gasteiger charge is -2.24. The largest absolute Gasteiger partial charge is 0.393 e. The molecule has 0 spiro atoms. The molecule has 1 fully saturated rings. The van der Waals surface area contributed by atoms with Gasteiger partial charge in [0.2, 0.25) is 6.43 Å². The van der Waals surface area contributed by atoms with Crippen LogP contribution in [0.4, 0.5) is 8.78 Å². The van der Waals surface area contributed by atoms with Gasteiger partial charge in [-0.25, -0.2) is 13.6 Å². The van der Waals surface area contributed by atoms with Crippen LogP contribution in [0.3, 0.4) is 0 Å². The number of aliphatic hydroxyl groups is 2. The Labute approximate surface area is 120 Å². The molecular weight excluding hydrogens is 308 g/mol. The molecule has 120 valence electrons. The summed E-state index contributed by atoms with van der Waals surface area (Å²) in [6.07, 6.45) is -6.05. The number of hydrogen-bond donors (Lipinski definition) is 3. The highest BCUT2D eigenvalue weighted by Gasteiger charge is 2.58. The molecule has 3 N–H and O–H groups in total. The Morgan fingerprint density at radius 2 is 2.27 bits per heavy atom. The summed E-state index contributed by atoms with van der Waals surface area (Å²) in [7, 11) is 0. The highest BCUT2D eigenvalue weighted by molar-refractivity contribution is 5.01. The average Bonchev–Trinajstić information content (AvgIpc) is 2.73. The van der Waals surface area contributed by atoms with Crippen molar-refractivity contribution in [3.8, 4) is 0 Å². The smallest absolute Gasteiger partial charge is 0.330 e. The number of nitrogens with one attached hydrogen (secondary N) is 1. The van der Waals surface area contributed by atoms with Crippen LogP contribution in [0.25, 0.3) is 10.4 Å². The van der Waals surface area contributed by atoms with Crippen molar-refractivity contribution in [1.82, 2.24) is 9.55 Å². The number of halogens is 2. The lowest BCUT2D eigenvalue weighted by molar-refractivity contribution is -0.125. The van der Waals surface area contributed by atoms with E-state index in [0.29, 0.717) is 4.57 Å². The molecule has 10 nitrogen and oxygen atoms in total. The van der Waals surface area contributed by atoms with Gasteiger partial charge in [-0.2, -0.15) is 0 Å². The van der Waals surface area contributed by atoms with Crippen LogP contribution in [0.2, 0.25) is 0 Å². The number of aromatic amines is 1. The summed E-state index contributed by atoms with van der Waals surface area (Å²) in [4.78, 5) is 26.9. The third kappa shape index (κ3) is 2.48. The van der Waals surface area contributed by atoms with Gasteiger partial charge in [0.1, 0.15) is 12.3 Å². The van der Waals surface area contributed by atoms with E-state index in [-0.39, 0.29) is 0 Å². The summed E-state index contributed by atoms with van der Waals surface area (Å²) in [6, 6.07) is 0.895. The van der Waals surface area contributed by atoms with Crippen molar-refractivity contribution in [3.63, 3.8) is 0 Å². The summed E-state index contributed by atoms with van der Waals surface area (Å²) in [5, 5.41) is 22.3. The van der Waals surface area contributed by atoms with Gasteiger partial charge >= 0.3 is 5.69 Å². The minimum absolute atomic E-state index is 0.617. The minimum atomic E-state index is -3.15. The summed E-state index contributed by atoms with van der Waals surface area (Å²) in [6.45, 7) is -1.07. The Balaban J connectivity index is 2.56. The van der Waals surface area contributed by atoms with E-state index in [2.05, 4.69) is 10.0 Å². The molecule has 0 bridgehead atoms. The van der Waals surface area contributed by atoms with Crippen molar-refractivity contribution in [2.45, 2.75) is 24.5 Å². The maximum atomic E-state index is 13.2. The van der Waals surface area contributed by atoms with Crippen LogP contribution in [0, 0.1) is 5.92 Å². The molecule has 4 atom stereocenters.